The number of carbonyl (C=O) groups excluding carboxylic acids is 1. The lowest BCUT2D eigenvalue weighted by atomic mass is 10.1. The molecule has 1 aromatic carbocycles. The van der Waals surface area contributed by atoms with Crippen LogP contribution in [-0.2, 0) is 0 Å². The van der Waals surface area contributed by atoms with Crippen LogP contribution >= 0.6 is 0 Å². The molecule has 1 N–H and O–H groups in total. The maximum absolute atomic E-state index is 12.3. The first kappa shape index (κ1) is 15.7. The lowest BCUT2D eigenvalue weighted by molar-refractivity contribution is 0.0951. The van der Waals surface area contributed by atoms with Crippen LogP contribution in [0.25, 0.3) is 0 Å². The second-order valence-corrected chi connectivity index (χ2v) is 4.52. The predicted molar refractivity (Wildman–Crippen MR) is 86.1 cm³/mol. The number of hydrazone groups is 1. The molecule has 5 nitrogen and oxygen atoms in total. The van der Waals surface area contributed by atoms with Crippen LogP contribution in [0.15, 0.2) is 53.9 Å². The van der Waals surface area contributed by atoms with Crippen LogP contribution in [0.5, 0.6) is 5.75 Å². The summed E-state index contributed by atoms with van der Waals surface area (Å²) in [5.41, 5.74) is 4.72. The quantitative estimate of drug-likeness (QED) is 0.658. The van der Waals surface area contributed by atoms with Gasteiger partial charge in [0.1, 0.15) is 5.75 Å². The number of amides is 1. The van der Waals surface area contributed by atoms with Gasteiger partial charge in [-0.2, -0.15) is 5.10 Å². The van der Waals surface area contributed by atoms with Gasteiger partial charge in [0, 0.05) is 18.0 Å². The zero-order valence-corrected chi connectivity index (χ0v) is 12.7. The number of nitrogens with one attached hydrogen (secondary N) is 1. The summed E-state index contributed by atoms with van der Waals surface area (Å²) < 4.78 is 5.46. The molecular formula is C17H19N3O2. The highest BCUT2D eigenvalue weighted by Gasteiger charge is 2.11. The third kappa shape index (κ3) is 3.91. The zero-order valence-electron chi connectivity index (χ0n) is 12.7. The molecule has 1 heterocycles. The molecule has 0 radical (unpaired) electrons. The fourth-order valence-corrected chi connectivity index (χ4v) is 2.00. The van der Waals surface area contributed by atoms with Gasteiger partial charge in [0.25, 0.3) is 5.91 Å². The molecule has 0 fully saturated rings. The van der Waals surface area contributed by atoms with Gasteiger partial charge in [-0.25, -0.2) is 5.43 Å². The Kier molecular flexibility index (Phi) is 5.65. The smallest absolute Gasteiger partial charge is 0.275 e. The van der Waals surface area contributed by atoms with Crippen molar-refractivity contribution in [1.29, 1.82) is 0 Å². The van der Waals surface area contributed by atoms with Crippen molar-refractivity contribution in [1.82, 2.24) is 10.4 Å². The maximum Gasteiger partial charge on any atom is 0.275 e. The molecule has 0 saturated carbocycles. The monoisotopic (exact) mass is 297 g/mol. The Labute approximate surface area is 130 Å². The molecule has 1 amide bonds. The number of ether oxygens (including phenoxy) is 1. The van der Waals surface area contributed by atoms with Crippen LogP contribution < -0.4 is 10.2 Å². The summed E-state index contributed by atoms with van der Waals surface area (Å²) in [6.45, 7) is 4.36. The van der Waals surface area contributed by atoms with Gasteiger partial charge >= 0.3 is 0 Å². The van der Waals surface area contributed by atoms with Crippen LogP contribution in [0.1, 0.15) is 36.2 Å². The molecule has 0 aliphatic heterocycles. The molecule has 114 valence electrons. The SMILES string of the molecule is CCOc1ccccc1C(=O)NN=C(CC)c1cccnc1. The highest BCUT2D eigenvalue weighted by molar-refractivity contribution is 6.02. The molecule has 2 rings (SSSR count). The van der Waals surface area contributed by atoms with Crippen LogP contribution in [0.3, 0.4) is 0 Å². The third-order valence-electron chi connectivity index (χ3n) is 3.05. The molecule has 5 heteroatoms. The van der Waals surface area contributed by atoms with Crippen molar-refractivity contribution in [2.24, 2.45) is 5.10 Å². The average molecular weight is 297 g/mol. The zero-order chi connectivity index (χ0) is 15.8. The minimum atomic E-state index is -0.293. The molecule has 1 aromatic heterocycles. The van der Waals surface area contributed by atoms with Gasteiger partial charge < -0.3 is 4.74 Å². The van der Waals surface area contributed by atoms with Crippen molar-refractivity contribution < 1.29 is 9.53 Å². The Morgan fingerprint density at radius 3 is 2.73 bits per heavy atom. The number of pyridine rings is 1. The normalized spacial score (nSPS) is 11.1. The summed E-state index contributed by atoms with van der Waals surface area (Å²) in [6.07, 6.45) is 4.12. The van der Waals surface area contributed by atoms with Gasteiger partial charge in [-0.05, 0) is 31.5 Å². The van der Waals surface area contributed by atoms with Gasteiger partial charge in [0.15, 0.2) is 0 Å². The van der Waals surface area contributed by atoms with Gasteiger partial charge in [0.05, 0.1) is 17.9 Å². The summed E-state index contributed by atoms with van der Waals surface area (Å²) in [5, 5.41) is 4.21. The molecule has 0 aliphatic carbocycles. The highest BCUT2D eigenvalue weighted by Crippen LogP contribution is 2.17. The molecule has 0 unspecified atom stereocenters. The van der Waals surface area contributed by atoms with E-state index in [2.05, 4.69) is 15.5 Å². The first-order valence-electron chi connectivity index (χ1n) is 7.25. The van der Waals surface area contributed by atoms with Crippen LogP contribution in [0.2, 0.25) is 0 Å². The molecule has 0 spiro atoms. The van der Waals surface area contributed by atoms with E-state index < -0.39 is 0 Å². The van der Waals surface area contributed by atoms with Crippen molar-refractivity contribution in [3.8, 4) is 5.75 Å². The number of nitrogens with zero attached hydrogens (tertiary/aromatic N) is 2. The number of hydrogen-bond acceptors (Lipinski definition) is 4. The minimum Gasteiger partial charge on any atom is -0.493 e. The number of hydrogen-bond donors (Lipinski definition) is 1. The van der Waals surface area contributed by atoms with E-state index in [1.165, 1.54) is 0 Å². The van der Waals surface area contributed by atoms with Crippen molar-refractivity contribution >= 4 is 11.6 Å². The average Bonchev–Trinajstić information content (AvgIpc) is 2.57. The van der Waals surface area contributed by atoms with E-state index in [1.807, 2.05) is 32.0 Å². The van der Waals surface area contributed by atoms with Crippen molar-refractivity contribution in [2.45, 2.75) is 20.3 Å². The number of para-hydroxylation sites is 1. The van der Waals surface area contributed by atoms with Crippen molar-refractivity contribution in [2.75, 3.05) is 6.61 Å². The second-order valence-electron chi connectivity index (χ2n) is 4.52. The number of carbonyl (C=O) groups is 1. The predicted octanol–water partition coefficient (Wildman–Crippen LogP) is 3.02. The topological polar surface area (TPSA) is 63.6 Å². The molecule has 0 bridgehead atoms. The Morgan fingerprint density at radius 1 is 1.23 bits per heavy atom. The van der Waals surface area contributed by atoms with E-state index in [0.717, 1.165) is 11.3 Å². The summed E-state index contributed by atoms with van der Waals surface area (Å²) in [7, 11) is 0. The van der Waals surface area contributed by atoms with Gasteiger partial charge in [-0.15, -0.1) is 0 Å². The standard InChI is InChI=1S/C17H19N3O2/c1-3-15(13-8-7-11-18-12-13)19-20-17(21)14-9-5-6-10-16(14)22-4-2/h5-12H,3-4H2,1-2H3,(H,20,21). The van der Waals surface area contributed by atoms with Crippen LogP contribution in [0, 0.1) is 0 Å². The second kappa shape index (κ2) is 7.93. The van der Waals surface area contributed by atoms with E-state index >= 15 is 0 Å². The van der Waals surface area contributed by atoms with Gasteiger partial charge in [-0.3, -0.25) is 9.78 Å². The first-order valence-corrected chi connectivity index (χ1v) is 7.25. The van der Waals surface area contributed by atoms with Crippen LogP contribution in [-0.4, -0.2) is 23.2 Å². The molecule has 0 saturated heterocycles. The van der Waals surface area contributed by atoms with Crippen molar-refractivity contribution in [3.05, 3.63) is 59.9 Å². The van der Waals surface area contributed by atoms with E-state index in [9.17, 15) is 4.79 Å². The van der Waals surface area contributed by atoms with Gasteiger partial charge in [-0.1, -0.05) is 25.1 Å². The molecular weight excluding hydrogens is 278 g/mol. The highest BCUT2D eigenvalue weighted by atomic mass is 16.5. The number of rotatable bonds is 6. The first-order chi connectivity index (χ1) is 10.8. The summed E-state index contributed by atoms with van der Waals surface area (Å²) in [5.74, 6) is 0.260. The van der Waals surface area contributed by atoms with Gasteiger partial charge in [0.2, 0.25) is 0 Å². The lowest BCUT2D eigenvalue weighted by Gasteiger charge is -2.09. The maximum atomic E-state index is 12.3. The Hall–Kier alpha value is -2.69. The minimum absolute atomic E-state index is 0.293. The largest absolute Gasteiger partial charge is 0.493 e. The third-order valence-corrected chi connectivity index (χ3v) is 3.05. The summed E-state index contributed by atoms with van der Waals surface area (Å²) >= 11 is 0. The van der Waals surface area contributed by atoms with E-state index in [1.54, 1.807) is 30.6 Å². The Bertz CT molecular complexity index is 654. The van der Waals surface area contributed by atoms with Crippen LogP contribution in [0.4, 0.5) is 0 Å². The summed E-state index contributed by atoms with van der Waals surface area (Å²) in [4.78, 5) is 16.3. The lowest BCUT2D eigenvalue weighted by Crippen LogP contribution is -2.21. The Balaban J connectivity index is 2.16. The molecule has 22 heavy (non-hydrogen) atoms. The van der Waals surface area contributed by atoms with E-state index in [4.69, 9.17) is 4.74 Å². The molecule has 0 atom stereocenters. The van der Waals surface area contributed by atoms with E-state index in [0.29, 0.717) is 24.3 Å². The molecule has 0 aliphatic rings. The fraction of sp³-hybridized carbons (Fsp3) is 0.235. The summed E-state index contributed by atoms with van der Waals surface area (Å²) in [6, 6.07) is 10.9. The Morgan fingerprint density at radius 2 is 2.05 bits per heavy atom. The number of benzene rings is 1. The number of aromatic nitrogens is 1. The van der Waals surface area contributed by atoms with Crippen molar-refractivity contribution in [3.63, 3.8) is 0 Å². The van der Waals surface area contributed by atoms with E-state index in [-0.39, 0.29) is 5.91 Å². The molecule has 2 aromatic rings. The fourth-order valence-electron chi connectivity index (χ4n) is 2.00.